The Morgan fingerprint density at radius 2 is 1.69 bits per heavy atom. The van der Waals surface area contributed by atoms with Gasteiger partial charge in [-0.25, -0.2) is 9.59 Å². The molecule has 0 aliphatic heterocycles. The molecule has 32 heavy (non-hydrogen) atoms. The fraction of sp³-hybridized carbons (Fsp3) is 0.375. The molecule has 2 N–H and O–H groups in total. The summed E-state index contributed by atoms with van der Waals surface area (Å²) < 4.78 is 15.9. The average Bonchev–Trinajstić information content (AvgIpc) is 2.74. The Morgan fingerprint density at radius 1 is 1.00 bits per heavy atom. The highest BCUT2D eigenvalue weighted by molar-refractivity contribution is 5.98. The first-order chi connectivity index (χ1) is 15.1. The predicted molar refractivity (Wildman–Crippen MR) is 120 cm³/mol. The van der Waals surface area contributed by atoms with E-state index in [1.165, 1.54) is 13.2 Å². The number of ether oxygens (including phenoxy) is 3. The Bertz CT molecular complexity index is 924. The summed E-state index contributed by atoms with van der Waals surface area (Å²) in [4.78, 5) is 37.2. The van der Waals surface area contributed by atoms with E-state index in [9.17, 15) is 14.4 Å². The molecule has 2 aromatic carbocycles. The molecule has 0 spiro atoms. The van der Waals surface area contributed by atoms with E-state index < -0.39 is 35.7 Å². The lowest BCUT2D eigenvalue weighted by Gasteiger charge is -2.27. The largest absolute Gasteiger partial charge is 0.465 e. The number of anilines is 1. The van der Waals surface area contributed by atoms with Gasteiger partial charge >= 0.3 is 12.1 Å². The van der Waals surface area contributed by atoms with Gasteiger partial charge in [0.15, 0.2) is 0 Å². The second kappa shape index (κ2) is 11.3. The van der Waals surface area contributed by atoms with Gasteiger partial charge in [-0.15, -0.1) is 0 Å². The minimum Gasteiger partial charge on any atom is -0.465 e. The molecule has 2 atom stereocenters. The highest BCUT2D eigenvalue weighted by atomic mass is 16.6. The zero-order chi connectivity index (χ0) is 23.7. The predicted octanol–water partition coefficient (Wildman–Crippen LogP) is 3.91. The van der Waals surface area contributed by atoms with Gasteiger partial charge in [0.2, 0.25) is 5.91 Å². The molecule has 1 unspecified atom stereocenters. The molecule has 0 aromatic heterocycles. The molecule has 2 aromatic rings. The number of carbonyl (C=O) groups excluding carboxylic acids is 3. The third-order valence-electron chi connectivity index (χ3n) is 4.33. The number of benzene rings is 2. The van der Waals surface area contributed by atoms with Crippen LogP contribution >= 0.6 is 0 Å². The van der Waals surface area contributed by atoms with E-state index >= 15 is 0 Å². The van der Waals surface area contributed by atoms with Crippen LogP contribution in [-0.2, 0) is 25.6 Å². The van der Waals surface area contributed by atoms with E-state index in [1.807, 2.05) is 30.3 Å². The Morgan fingerprint density at radius 3 is 2.31 bits per heavy atom. The highest BCUT2D eigenvalue weighted by Crippen LogP contribution is 2.15. The van der Waals surface area contributed by atoms with Gasteiger partial charge in [0, 0.05) is 5.69 Å². The fourth-order valence-electron chi connectivity index (χ4n) is 2.79. The van der Waals surface area contributed by atoms with Crippen molar-refractivity contribution in [1.29, 1.82) is 0 Å². The van der Waals surface area contributed by atoms with E-state index in [0.29, 0.717) is 5.69 Å². The SMILES string of the molecule is COC(=O)c1cccc(NC(=O)[C@@H](NC(=O)OC(C)(C)C)C(C)OCc2ccccc2)c1. The van der Waals surface area contributed by atoms with E-state index in [1.54, 1.807) is 45.9 Å². The first-order valence-electron chi connectivity index (χ1n) is 10.2. The molecule has 8 heteroatoms. The summed E-state index contributed by atoms with van der Waals surface area (Å²) in [5.41, 5.74) is 0.870. The van der Waals surface area contributed by atoms with Gasteiger partial charge < -0.3 is 24.8 Å². The first kappa shape index (κ1) is 24.9. The molecule has 172 valence electrons. The van der Waals surface area contributed by atoms with Gasteiger partial charge in [0.1, 0.15) is 11.6 Å². The maximum Gasteiger partial charge on any atom is 0.408 e. The molecule has 0 saturated heterocycles. The summed E-state index contributed by atoms with van der Waals surface area (Å²) in [7, 11) is 1.28. The number of rotatable bonds is 8. The van der Waals surface area contributed by atoms with E-state index in [4.69, 9.17) is 14.2 Å². The summed E-state index contributed by atoms with van der Waals surface area (Å²) in [6, 6.07) is 14.8. The fourth-order valence-corrected chi connectivity index (χ4v) is 2.79. The van der Waals surface area contributed by atoms with E-state index in [2.05, 4.69) is 10.6 Å². The monoisotopic (exact) mass is 442 g/mol. The topological polar surface area (TPSA) is 103 Å². The van der Waals surface area contributed by atoms with Gasteiger partial charge in [-0.3, -0.25) is 4.79 Å². The quantitative estimate of drug-likeness (QED) is 0.601. The molecule has 2 amide bonds. The normalized spacial score (nSPS) is 12.9. The minimum absolute atomic E-state index is 0.264. The third kappa shape index (κ3) is 8.03. The molecule has 0 heterocycles. The number of hydrogen-bond acceptors (Lipinski definition) is 6. The Kier molecular flexibility index (Phi) is 8.78. The lowest BCUT2D eigenvalue weighted by molar-refractivity contribution is -0.122. The molecule has 8 nitrogen and oxygen atoms in total. The summed E-state index contributed by atoms with van der Waals surface area (Å²) in [5, 5.41) is 5.30. The van der Waals surface area contributed by atoms with Crippen molar-refractivity contribution in [3.63, 3.8) is 0 Å². The summed E-state index contributed by atoms with van der Waals surface area (Å²) >= 11 is 0. The summed E-state index contributed by atoms with van der Waals surface area (Å²) in [6.45, 7) is 7.15. The lowest BCUT2D eigenvalue weighted by Crippen LogP contribution is -2.52. The number of esters is 1. The van der Waals surface area contributed by atoms with Crippen LogP contribution in [0.4, 0.5) is 10.5 Å². The molecule has 0 radical (unpaired) electrons. The molecule has 0 bridgehead atoms. The van der Waals surface area contributed by atoms with Crippen molar-refractivity contribution in [3.05, 3.63) is 65.7 Å². The summed E-state index contributed by atoms with van der Waals surface area (Å²) in [5.74, 6) is -1.04. The van der Waals surface area contributed by atoms with Crippen molar-refractivity contribution in [3.8, 4) is 0 Å². The number of nitrogens with one attached hydrogen (secondary N) is 2. The van der Waals surface area contributed by atoms with E-state index in [0.717, 1.165) is 5.56 Å². The zero-order valence-electron chi connectivity index (χ0n) is 19.0. The van der Waals surface area contributed by atoms with Crippen LogP contribution in [0.15, 0.2) is 54.6 Å². The number of alkyl carbamates (subject to hydrolysis) is 1. The Labute approximate surface area is 188 Å². The number of methoxy groups -OCH3 is 1. The van der Waals surface area contributed by atoms with Gasteiger partial charge in [-0.1, -0.05) is 36.4 Å². The maximum atomic E-state index is 13.0. The Balaban J connectivity index is 2.15. The van der Waals surface area contributed by atoms with Crippen LogP contribution in [0.3, 0.4) is 0 Å². The number of amides is 2. The van der Waals surface area contributed by atoms with Gasteiger partial charge in [0.25, 0.3) is 0 Å². The molecule has 0 fully saturated rings. The molecular formula is C24H30N2O6. The minimum atomic E-state index is -1.05. The van der Waals surface area contributed by atoms with Gasteiger partial charge in [-0.2, -0.15) is 0 Å². The van der Waals surface area contributed by atoms with Crippen molar-refractivity contribution >= 4 is 23.7 Å². The third-order valence-corrected chi connectivity index (χ3v) is 4.33. The van der Waals surface area contributed by atoms with Crippen LogP contribution in [0.25, 0.3) is 0 Å². The smallest absolute Gasteiger partial charge is 0.408 e. The van der Waals surface area contributed by atoms with Crippen molar-refractivity contribution in [2.24, 2.45) is 0 Å². The molecular weight excluding hydrogens is 412 g/mol. The highest BCUT2D eigenvalue weighted by Gasteiger charge is 2.30. The number of hydrogen-bond donors (Lipinski definition) is 2. The Hall–Kier alpha value is -3.39. The van der Waals surface area contributed by atoms with Crippen molar-refractivity contribution in [2.45, 2.75) is 52.0 Å². The second-order valence-electron chi connectivity index (χ2n) is 8.19. The van der Waals surface area contributed by atoms with Crippen LogP contribution in [0, 0.1) is 0 Å². The van der Waals surface area contributed by atoms with Gasteiger partial charge in [-0.05, 0) is 51.5 Å². The van der Waals surface area contributed by atoms with Crippen molar-refractivity contribution in [1.82, 2.24) is 5.32 Å². The number of carbonyl (C=O) groups is 3. The summed E-state index contributed by atoms with van der Waals surface area (Å²) in [6.07, 6.45) is -1.41. The van der Waals surface area contributed by atoms with Crippen LogP contribution < -0.4 is 10.6 Å². The van der Waals surface area contributed by atoms with Gasteiger partial charge in [0.05, 0.1) is 25.4 Å². The van der Waals surface area contributed by atoms with Crippen molar-refractivity contribution < 1.29 is 28.6 Å². The van der Waals surface area contributed by atoms with Crippen LogP contribution in [-0.4, -0.2) is 42.8 Å². The van der Waals surface area contributed by atoms with E-state index in [-0.39, 0.29) is 12.2 Å². The second-order valence-corrected chi connectivity index (χ2v) is 8.19. The maximum absolute atomic E-state index is 13.0. The molecule has 0 aliphatic rings. The van der Waals surface area contributed by atoms with Crippen LogP contribution in [0.1, 0.15) is 43.6 Å². The van der Waals surface area contributed by atoms with Crippen LogP contribution in [0.2, 0.25) is 0 Å². The molecule has 2 rings (SSSR count). The average molecular weight is 443 g/mol. The van der Waals surface area contributed by atoms with Crippen LogP contribution in [0.5, 0.6) is 0 Å². The first-order valence-corrected chi connectivity index (χ1v) is 10.2. The lowest BCUT2D eigenvalue weighted by atomic mass is 10.1. The zero-order valence-corrected chi connectivity index (χ0v) is 19.0. The molecule has 0 saturated carbocycles. The molecule has 0 aliphatic carbocycles. The van der Waals surface area contributed by atoms with Crippen molar-refractivity contribution in [2.75, 3.05) is 12.4 Å². The standard InChI is InChI=1S/C24H30N2O6/c1-16(31-15-17-10-7-6-8-11-17)20(26-23(29)32-24(2,3)4)21(27)25-19-13-9-12-18(14-19)22(28)30-5/h6-14,16,20H,15H2,1-5H3,(H,25,27)(H,26,29)/t16?,20-/m0/s1.